The van der Waals surface area contributed by atoms with Gasteiger partial charge in [-0.15, -0.1) is 0 Å². The molecule has 0 bridgehead atoms. The fraction of sp³-hybridized carbons (Fsp3) is 0.946. The van der Waals surface area contributed by atoms with Gasteiger partial charge in [0, 0.05) is 25.7 Å². The Labute approximate surface area is 568 Å². The molecular formula is C74H144O17P2. The molecule has 0 aromatic rings. The Morgan fingerprint density at radius 3 is 0.817 bits per heavy atom. The summed E-state index contributed by atoms with van der Waals surface area (Å²) < 4.78 is 68.5. The second-order valence-electron chi connectivity index (χ2n) is 27.4. The van der Waals surface area contributed by atoms with Crippen LogP contribution in [-0.4, -0.2) is 96.7 Å². The molecule has 93 heavy (non-hydrogen) atoms. The number of rotatable bonds is 73. The van der Waals surface area contributed by atoms with Crippen molar-refractivity contribution in [1.29, 1.82) is 0 Å². The summed E-state index contributed by atoms with van der Waals surface area (Å²) in [6, 6.07) is 0. The van der Waals surface area contributed by atoms with E-state index in [1.165, 1.54) is 199 Å². The summed E-state index contributed by atoms with van der Waals surface area (Å²) >= 11 is 0. The van der Waals surface area contributed by atoms with Crippen LogP contribution in [0.3, 0.4) is 0 Å². The third kappa shape index (κ3) is 67.0. The van der Waals surface area contributed by atoms with E-state index in [4.69, 9.17) is 37.0 Å². The summed E-state index contributed by atoms with van der Waals surface area (Å²) in [5.74, 6) is -0.520. The van der Waals surface area contributed by atoms with Gasteiger partial charge in [-0.25, -0.2) is 9.13 Å². The molecule has 552 valence electrons. The van der Waals surface area contributed by atoms with Crippen molar-refractivity contribution in [3.8, 4) is 0 Å². The zero-order valence-corrected chi connectivity index (χ0v) is 62.3. The fourth-order valence-electron chi connectivity index (χ4n) is 11.3. The van der Waals surface area contributed by atoms with Gasteiger partial charge in [-0.05, 0) is 37.5 Å². The van der Waals surface area contributed by atoms with Crippen LogP contribution in [0.1, 0.15) is 382 Å². The third-order valence-electron chi connectivity index (χ3n) is 17.6. The molecule has 0 saturated heterocycles. The molecule has 0 rings (SSSR count). The average Bonchev–Trinajstić information content (AvgIpc) is 3.58. The quantitative estimate of drug-likeness (QED) is 0.0222. The summed E-state index contributed by atoms with van der Waals surface area (Å²) in [5.41, 5.74) is 0. The Hall–Kier alpha value is -1.94. The van der Waals surface area contributed by atoms with Gasteiger partial charge in [0.05, 0.1) is 26.4 Å². The maximum absolute atomic E-state index is 13.1. The Bertz CT molecular complexity index is 1810. The predicted molar refractivity (Wildman–Crippen MR) is 377 cm³/mol. The minimum absolute atomic E-state index is 0.107. The van der Waals surface area contributed by atoms with Crippen LogP contribution < -0.4 is 0 Å². The summed E-state index contributed by atoms with van der Waals surface area (Å²) in [7, 11) is -9.91. The zero-order valence-electron chi connectivity index (χ0n) is 60.6. The van der Waals surface area contributed by atoms with Crippen molar-refractivity contribution in [3.05, 3.63) is 0 Å². The van der Waals surface area contributed by atoms with Gasteiger partial charge >= 0.3 is 39.5 Å². The van der Waals surface area contributed by atoms with Gasteiger partial charge in [-0.1, -0.05) is 330 Å². The van der Waals surface area contributed by atoms with Crippen LogP contribution in [0.5, 0.6) is 0 Å². The Morgan fingerprint density at radius 1 is 0.312 bits per heavy atom. The number of aliphatic hydroxyl groups excluding tert-OH is 1. The van der Waals surface area contributed by atoms with E-state index < -0.39 is 97.5 Å². The maximum Gasteiger partial charge on any atom is 0.472 e. The molecule has 0 radical (unpaired) electrons. The van der Waals surface area contributed by atoms with Gasteiger partial charge in [0.2, 0.25) is 0 Å². The first-order valence-electron chi connectivity index (χ1n) is 38.5. The Morgan fingerprint density at radius 2 is 0.548 bits per heavy atom. The molecule has 3 N–H and O–H groups in total. The number of esters is 4. The molecule has 0 aliphatic heterocycles. The number of hydrogen-bond donors (Lipinski definition) is 3. The number of carbonyl (C=O) groups is 4. The first kappa shape index (κ1) is 91.1. The monoisotopic (exact) mass is 1370 g/mol. The molecule has 0 aromatic heterocycles. The van der Waals surface area contributed by atoms with Gasteiger partial charge in [0.1, 0.15) is 19.3 Å². The summed E-state index contributed by atoms with van der Waals surface area (Å²) in [6.07, 6.45) is 52.4. The standard InChI is InChI=1S/C74H144O17P2/c1-7-10-12-14-16-18-20-26-34-40-46-52-58-73(78)90-69(62-84-71(76)56-50-44-38-32-24-19-17-15-13-11-8-2)64-88-92(80,81)86-60-68(75)61-87-93(82,83)89-65-70(63-85-72(77)57-51-45-39-33-29-28-31-37-43-49-55-67(6)9-3)91-74(79)59-53-47-41-35-27-23-21-22-25-30-36-42-48-54-66(4)5/h66-70,75H,7-65H2,1-6H3,(H,80,81)(H,82,83)/t67?,68-,69+,70+/m0/s1. The minimum Gasteiger partial charge on any atom is -0.462 e. The van der Waals surface area contributed by atoms with Gasteiger partial charge < -0.3 is 33.8 Å². The van der Waals surface area contributed by atoms with Crippen LogP contribution in [0.4, 0.5) is 0 Å². The van der Waals surface area contributed by atoms with Crippen molar-refractivity contribution in [3.63, 3.8) is 0 Å². The molecule has 3 unspecified atom stereocenters. The number of phosphoric ester groups is 2. The van der Waals surface area contributed by atoms with Crippen molar-refractivity contribution < 1.29 is 80.2 Å². The molecule has 6 atom stereocenters. The number of ether oxygens (including phenoxy) is 4. The number of hydrogen-bond acceptors (Lipinski definition) is 15. The van der Waals surface area contributed by atoms with E-state index in [9.17, 15) is 43.2 Å². The van der Waals surface area contributed by atoms with E-state index in [-0.39, 0.29) is 25.7 Å². The van der Waals surface area contributed by atoms with Crippen molar-refractivity contribution in [2.75, 3.05) is 39.6 Å². The van der Waals surface area contributed by atoms with Crippen molar-refractivity contribution in [2.45, 2.75) is 400 Å². The summed E-state index contributed by atoms with van der Waals surface area (Å²) in [5, 5.41) is 10.6. The molecule has 0 saturated carbocycles. The zero-order chi connectivity index (χ0) is 68.6. The second kappa shape index (κ2) is 66.0. The number of phosphoric acid groups is 2. The molecule has 0 aliphatic rings. The van der Waals surface area contributed by atoms with Crippen LogP contribution in [0.2, 0.25) is 0 Å². The van der Waals surface area contributed by atoms with Crippen LogP contribution in [0, 0.1) is 11.8 Å². The Balaban J connectivity index is 5.26. The van der Waals surface area contributed by atoms with Crippen molar-refractivity contribution in [1.82, 2.24) is 0 Å². The highest BCUT2D eigenvalue weighted by Crippen LogP contribution is 2.45. The highest BCUT2D eigenvalue weighted by molar-refractivity contribution is 7.47. The van der Waals surface area contributed by atoms with Crippen molar-refractivity contribution >= 4 is 39.5 Å². The molecule has 0 amide bonds. The minimum atomic E-state index is -4.96. The topological polar surface area (TPSA) is 237 Å². The lowest BCUT2D eigenvalue weighted by atomic mass is 9.99. The fourth-order valence-corrected chi connectivity index (χ4v) is 12.8. The average molecular weight is 1370 g/mol. The van der Waals surface area contributed by atoms with Gasteiger partial charge in [-0.3, -0.25) is 37.3 Å². The molecule has 0 aromatic carbocycles. The van der Waals surface area contributed by atoms with E-state index in [0.717, 1.165) is 102 Å². The largest absolute Gasteiger partial charge is 0.472 e. The van der Waals surface area contributed by atoms with E-state index in [1.54, 1.807) is 0 Å². The first-order valence-corrected chi connectivity index (χ1v) is 41.5. The maximum atomic E-state index is 13.1. The van der Waals surface area contributed by atoms with Crippen molar-refractivity contribution in [2.24, 2.45) is 11.8 Å². The predicted octanol–water partition coefficient (Wildman–Crippen LogP) is 21.6. The van der Waals surface area contributed by atoms with Crippen LogP contribution in [0.15, 0.2) is 0 Å². The number of aliphatic hydroxyl groups is 1. The SMILES string of the molecule is CCCCCCCCCCCCCCC(=O)O[C@H](COC(=O)CCCCCCCCCCCCC)COP(=O)(O)OC[C@H](O)COP(=O)(O)OC[C@@H](COC(=O)CCCCCCCCCCCCC(C)CC)OC(=O)CCCCCCCCCCCCCCCC(C)C. The molecule has 0 heterocycles. The van der Waals surface area contributed by atoms with Crippen LogP contribution in [0.25, 0.3) is 0 Å². The van der Waals surface area contributed by atoms with Gasteiger partial charge in [0.25, 0.3) is 0 Å². The number of unbranched alkanes of at least 4 members (excludes halogenated alkanes) is 42. The summed E-state index contributed by atoms with van der Waals surface area (Å²) in [4.78, 5) is 72.7. The number of carbonyl (C=O) groups excluding carboxylic acids is 4. The van der Waals surface area contributed by atoms with Gasteiger partial charge in [0.15, 0.2) is 12.2 Å². The molecule has 17 nitrogen and oxygen atoms in total. The summed E-state index contributed by atoms with van der Waals surface area (Å²) in [6.45, 7) is 9.63. The normalized spacial score (nSPS) is 14.3. The van der Waals surface area contributed by atoms with E-state index >= 15 is 0 Å². The van der Waals surface area contributed by atoms with Gasteiger partial charge in [-0.2, -0.15) is 0 Å². The van der Waals surface area contributed by atoms with Crippen LogP contribution >= 0.6 is 15.6 Å². The highest BCUT2D eigenvalue weighted by Gasteiger charge is 2.30. The molecule has 19 heteroatoms. The molecule has 0 spiro atoms. The smallest absolute Gasteiger partial charge is 0.462 e. The lowest BCUT2D eigenvalue weighted by Gasteiger charge is -2.21. The Kier molecular flexibility index (Phi) is 64.6. The van der Waals surface area contributed by atoms with E-state index in [0.29, 0.717) is 25.7 Å². The lowest BCUT2D eigenvalue weighted by Crippen LogP contribution is -2.30. The van der Waals surface area contributed by atoms with E-state index in [1.807, 2.05) is 0 Å². The lowest BCUT2D eigenvalue weighted by molar-refractivity contribution is -0.161. The highest BCUT2D eigenvalue weighted by atomic mass is 31.2. The molecule has 0 aliphatic carbocycles. The van der Waals surface area contributed by atoms with E-state index in [2.05, 4.69) is 41.5 Å². The van der Waals surface area contributed by atoms with Crippen LogP contribution in [-0.2, 0) is 65.4 Å². The third-order valence-corrected chi connectivity index (χ3v) is 19.5. The first-order chi connectivity index (χ1) is 44.9. The molecule has 0 fully saturated rings. The second-order valence-corrected chi connectivity index (χ2v) is 30.3. The molecular weight excluding hydrogens is 1220 g/mol.